The third kappa shape index (κ3) is 2.91. The molecule has 1 aliphatic rings. The van der Waals surface area contributed by atoms with Crippen LogP contribution in [0, 0.1) is 0 Å². The number of nitrogens with zero attached hydrogens (tertiary/aromatic N) is 2. The van der Waals surface area contributed by atoms with Gasteiger partial charge in [-0.2, -0.15) is 0 Å². The molecular weight excluding hydrogens is 334 g/mol. The molecule has 0 bridgehead atoms. The molecule has 0 radical (unpaired) electrons. The summed E-state index contributed by atoms with van der Waals surface area (Å²) in [6.45, 7) is 2.60. The first-order valence-corrected chi connectivity index (χ1v) is 9.50. The van der Waals surface area contributed by atoms with Crippen LogP contribution in [-0.2, 0) is 19.9 Å². The van der Waals surface area contributed by atoms with E-state index in [-0.39, 0.29) is 5.56 Å². The molecule has 0 aliphatic heterocycles. The van der Waals surface area contributed by atoms with Gasteiger partial charge in [-0.1, -0.05) is 0 Å². The number of aryl methyl sites for hydroxylation is 2. The van der Waals surface area contributed by atoms with Gasteiger partial charge in [0.2, 0.25) is 5.95 Å². The van der Waals surface area contributed by atoms with Gasteiger partial charge >= 0.3 is 0 Å². The van der Waals surface area contributed by atoms with Crippen molar-refractivity contribution in [1.82, 2.24) is 9.55 Å². The minimum Gasteiger partial charge on any atom is -0.494 e. The quantitative estimate of drug-likeness (QED) is 0.768. The number of rotatable bonds is 4. The number of aromatic nitrogens is 2. The fourth-order valence-electron chi connectivity index (χ4n) is 3.33. The van der Waals surface area contributed by atoms with Crippen LogP contribution in [-0.4, -0.2) is 16.2 Å². The molecule has 0 unspecified atom stereocenters. The molecule has 2 heterocycles. The summed E-state index contributed by atoms with van der Waals surface area (Å²) in [5.74, 6) is 1.40. The van der Waals surface area contributed by atoms with Crippen molar-refractivity contribution in [3.8, 4) is 5.75 Å². The maximum Gasteiger partial charge on any atom is 0.263 e. The van der Waals surface area contributed by atoms with Crippen molar-refractivity contribution >= 4 is 33.2 Å². The number of fused-ring (bicyclic) bond motifs is 3. The summed E-state index contributed by atoms with van der Waals surface area (Å²) in [6, 6.07) is 7.68. The van der Waals surface area contributed by atoms with E-state index in [2.05, 4.69) is 5.32 Å². The molecule has 1 aliphatic carbocycles. The van der Waals surface area contributed by atoms with Gasteiger partial charge in [-0.3, -0.25) is 9.36 Å². The molecule has 1 aromatic carbocycles. The lowest BCUT2D eigenvalue weighted by molar-refractivity contribution is 0.340. The van der Waals surface area contributed by atoms with Gasteiger partial charge in [0.25, 0.3) is 5.56 Å². The molecule has 25 heavy (non-hydrogen) atoms. The highest BCUT2D eigenvalue weighted by atomic mass is 32.1. The standard InChI is InChI=1S/C19H21N3O2S/c1-3-24-13-10-8-12(9-11-13)20-19-21-17-16(18(23)22(19)2)14-6-4-5-7-15(14)25-17/h8-11H,3-7H2,1-2H3,(H,20,21). The Kier molecular flexibility index (Phi) is 4.21. The fourth-order valence-corrected chi connectivity index (χ4v) is 4.58. The van der Waals surface area contributed by atoms with E-state index in [1.54, 1.807) is 23.0 Å². The normalized spacial score (nSPS) is 13.7. The smallest absolute Gasteiger partial charge is 0.263 e. The van der Waals surface area contributed by atoms with Crippen LogP contribution >= 0.6 is 11.3 Å². The van der Waals surface area contributed by atoms with Gasteiger partial charge in [-0.15, -0.1) is 11.3 Å². The highest BCUT2D eigenvalue weighted by Crippen LogP contribution is 2.34. The topological polar surface area (TPSA) is 56.1 Å². The van der Waals surface area contributed by atoms with Crippen LogP contribution in [0.5, 0.6) is 5.75 Å². The average Bonchev–Trinajstić information content (AvgIpc) is 2.99. The monoisotopic (exact) mass is 355 g/mol. The minimum absolute atomic E-state index is 0.0397. The minimum atomic E-state index is 0.0397. The summed E-state index contributed by atoms with van der Waals surface area (Å²) in [5, 5.41) is 4.08. The molecule has 0 saturated carbocycles. The fraction of sp³-hybridized carbons (Fsp3) is 0.368. The Morgan fingerprint density at radius 2 is 2.00 bits per heavy atom. The number of ether oxygens (including phenoxy) is 1. The summed E-state index contributed by atoms with van der Waals surface area (Å²) in [4.78, 5) is 19.8. The lowest BCUT2D eigenvalue weighted by atomic mass is 9.97. The molecule has 6 heteroatoms. The Hall–Kier alpha value is -2.34. The van der Waals surface area contributed by atoms with Gasteiger partial charge in [0.1, 0.15) is 10.6 Å². The van der Waals surface area contributed by atoms with Crippen LogP contribution < -0.4 is 15.6 Å². The van der Waals surface area contributed by atoms with E-state index in [0.29, 0.717) is 12.6 Å². The van der Waals surface area contributed by atoms with Gasteiger partial charge in [-0.25, -0.2) is 4.98 Å². The van der Waals surface area contributed by atoms with Gasteiger partial charge in [0.15, 0.2) is 0 Å². The molecule has 5 nitrogen and oxygen atoms in total. The van der Waals surface area contributed by atoms with Crippen molar-refractivity contribution in [3.63, 3.8) is 0 Å². The Morgan fingerprint density at radius 1 is 1.24 bits per heavy atom. The van der Waals surface area contributed by atoms with Crippen molar-refractivity contribution in [2.24, 2.45) is 7.05 Å². The molecule has 0 spiro atoms. The highest BCUT2D eigenvalue weighted by molar-refractivity contribution is 7.18. The summed E-state index contributed by atoms with van der Waals surface area (Å²) < 4.78 is 7.07. The zero-order valence-corrected chi connectivity index (χ0v) is 15.3. The maximum atomic E-state index is 12.9. The van der Waals surface area contributed by atoms with Crippen LogP contribution in [0.2, 0.25) is 0 Å². The molecule has 0 atom stereocenters. The molecule has 130 valence electrons. The SMILES string of the molecule is CCOc1ccc(Nc2nc3sc4c(c3c(=O)n2C)CCCC4)cc1. The summed E-state index contributed by atoms with van der Waals surface area (Å²) in [5.41, 5.74) is 2.15. The van der Waals surface area contributed by atoms with Crippen molar-refractivity contribution in [2.45, 2.75) is 32.6 Å². The molecule has 0 fully saturated rings. The first-order chi connectivity index (χ1) is 12.2. The predicted molar refractivity (Wildman–Crippen MR) is 102 cm³/mol. The summed E-state index contributed by atoms with van der Waals surface area (Å²) >= 11 is 1.67. The van der Waals surface area contributed by atoms with Gasteiger partial charge in [0, 0.05) is 17.6 Å². The van der Waals surface area contributed by atoms with Gasteiger partial charge in [0.05, 0.1) is 12.0 Å². The van der Waals surface area contributed by atoms with Crippen LogP contribution in [0.1, 0.15) is 30.2 Å². The molecule has 0 saturated heterocycles. The van der Waals surface area contributed by atoms with E-state index in [9.17, 15) is 4.79 Å². The van der Waals surface area contributed by atoms with Crippen LogP contribution in [0.4, 0.5) is 11.6 Å². The van der Waals surface area contributed by atoms with Crippen LogP contribution in [0.15, 0.2) is 29.1 Å². The number of benzene rings is 1. The number of nitrogens with one attached hydrogen (secondary N) is 1. The zero-order valence-electron chi connectivity index (χ0n) is 14.5. The zero-order chi connectivity index (χ0) is 17.4. The van der Waals surface area contributed by atoms with Gasteiger partial charge < -0.3 is 10.1 Å². The Morgan fingerprint density at radius 3 is 2.76 bits per heavy atom. The van der Waals surface area contributed by atoms with E-state index >= 15 is 0 Å². The Labute approximate surface area is 150 Å². The molecule has 1 N–H and O–H groups in total. The second kappa shape index (κ2) is 6.52. The molecule has 0 amide bonds. The van der Waals surface area contributed by atoms with Crippen molar-refractivity contribution in [2.75, 3.05) is 11.9 Å². The summed E-state index contributed by atoms with van der Waals surface area (Å²) in [7, 11) is 1.78. The second-order valence-corrected chi connectivity index (χ2v) is 7.36. The molecule has 3 aromatic rings. The molecule has 2 aromatic heterocycles. The van der Waals surface area contributed by atoms with Crippen molar-refractivity contribution in [3.05, 3.63) is 45.1 Å². The molecular formula is C19H21N3O2S. The number of hydrogen-bond donors (Lipinski definition) is 1. The van der Waals surface area contributed by atoms with E-state index in [1.165, 1.54) is 16.9 Å². The van der Waals surface area contributed by atoms with Crippen molar-refractivity contribution < 1.29 is 4.74 Å². The first kappa shape index (κ1) is 16.1. The van der Waals surface area contributed by atoms with Gasteiger partial charge in [-0.05, 0) is 62.4 Å². The lowest BCUT2D eigenvalue weighted by Crippen LogP contribution is -2.21. The number of hydrogen-bond acceptors (Lipinski definition) is 5. The predicted octanol–water partition coefficient (Wildman–Crippen LogP) is 4.02. The van der Waals surface area contributed by atoms with E-state index in [0.717, 1.165) is 40.9 Å². The van der Waals surface area contributed by atoms with Crippen LogP contribution in [0.25, 0.3) is 10.2 Å². The Bertz CT molecular complexity index is 973. The largest absolute Gasteiger partial charge is 0.494 e. The number of anilines is 2. The van der Waals surface area contributed by atoms with Crippen molar-refractivity contribution in [1.29, 1.82) is 0 Å². The second-order valence-electron chi connectivity index (χ2n) is 6.27. The first-order valence-electron chi connectivity index (χ1n) is 8.68. The Balaban J connectivity index is 1.72. The third-order valence-corrected chi connectivity index (χ3v) is 5.80. The van der Waals surface area contributed by atoms with Crippen LogP contribution in [0.3, 0.4) is 0 Å². The van der Waals surface area contributed by atoms with E-state index in [4.69, 9.17) is 9.72 Å². The number of thiophene rings is 1. The maximum absolute atomic E-state index is 12.9. The highest BCUT2D eigenvalue weighted by Gasteiger charge is 2.21. The van der Waals surface area contributed by atoms with E-state index < -0.39 is 0 Å². The average molecular weight is 355 g/mol. The summed E-state index contributed by atoms with van der Waals surface area (Å²) in [6.07, 6.45) is 4.44. The van der Waals surface area contributed by atoms with E-state index in [1.807, 2.05) is 31.2 Å². The molecule has 4 rings (SSSR count). The third-order valence-electron chi connectivity index (χ3n) is 4.62. The lowest BCUT2D eigenvalue weighted by Gasteiger charge is -2.12.